The first kappa shape index (κ1) is 14.0. The van der Waals surface area contributed by atoms with E-state index in [1.807, 2.05) is 0 Å². The molecule has 1 aromatic heterocycles. The van der Waals surface area contributed by atoms with Gasteiger partial charge in [0.1, 0.15) is 0 Å². The highest BCUT2D eigenvalue weighted by Crippen LogP contribution is 1.93. The molecule has 0 aliphatic carbocycles. The van der Waals surface area contributed by atoms with Gasteiger partial charge in [-0.15, -0.1) is 0 Å². The van der Waals surface area contributed by atoms with Crippen LogP contribution >= 0.6 is 0 Å². The Labute approximate surface area is 104 Å². The van der Waals surface area contributed by atoms with Crippen LogP contribution in [0.5, 0.6) is 0 Å². The molecule has 8 heteroatoms. The fraction of sp³-hybridized carbons (Fsp3) is 0.400. The number of hydrogen-bond donors (Lipinski definition) is 2. The molecule has 2 N–H and O–H groups in total. The molecule has 0 unspecified atom stereocenters. The molecule has 1 aromatic rings. The number of methoxy groups -OCH3 is 2. The standard InChI is InChI=1S/C10H14N4O4/c1-17-7(18-2)6-13-8(15)9(16)14-10-11-4-3-5-12-10/h3-5,7H,6H2,1-2H3,(H,13,15)(H,11,12,14,16). The van der Waals surface area contributed by atoms with Crippen LogP contribution in [-0.4, -0.2) is 48.8 Å². The summed E-state index contributed by atoms with van der Waals surface area (Å²) in [6, 6.07) is 1.59. The molecule has 8 nitrogen and oxygen atoms in total. The number of hydrogen-bond acceptors (Lipinski definition) is 6. The smallest absolute Gasteiger partial charge is 0.316 e. The van der Waals surface area contributed by atoms with E-state index in [4.69, 9.17) is 9.47 Å². The lowest BCUT2D eigenvalue weighted by Crippen LogP contribution is -2.40. The predicted molar refractivity (Wildman–Crippen MR) is 61.5 cm³/mol. The van der Waals surface area contributed by atoms with Crippen LogP contribution in [0.2, 0.25) is 0 Å². The zero-order valence-electron chi connectivity index (χ0n) is 10.0. The molecular weight excluding hydrogens is 240 g/mol. The Hall–Kier alpha value is -2.06. The molecule has 98 valence electrons. The lowest BCUT2D eigenvalue weighted by molar-refractivity contribution is -0.139. The van der Waals surface area contributed by atoms with E-state index < -0.39 is 18.1 Å². The van der Waals surface area contributed by atoms with Crippen molar-refractivity contribution in [3.8, 4) is 0 Å². The van der Waals surface area contributed by atoms with E-state index >= 15 is 0 Å². The summed E-state index contributed by atoms with van der Waals surface area (Å²) >= 11 is 0. The van der Waals surface area contributed by atoms with Crippen LogP contribution in [0.15, 0.2) is 18.5 Å². The largest absolute Gasteiger partial charge is 0.354 e. The SMILES string of the molecule is COC(CNC(=O)C(=O)Nc1ncccn1)OC. The van der Waals surface area contributed by atoms with Gasteiger partial charge in [0.2, 0.25) is 5.95 Å². The van der Waals surface area contributed by atoms with E-state index in [2.05, 4.69) is 20.6 Å². The average Bonchev–Trinajstić information content (AvgIpc) is 2.40. The van der Waals surface area contributed by atoms with Gasteiger partial charge in [0.15, 0.2) is 6.29 Å². The number of carbonyl (C=O) groups is 2. The maximum Gasteiger partial charge on any atom is 0.316 e. The molecule has 2 amide bonds. The third kappa shape index (κ3) is 4.44. The van der Waals surface area contributed by atoms with Crippen LogP contribution in [0, 0.1) is 0 Å². The van der Waals surface area contributed by atoms with Crippen LogP contribution in [0.1, 0.15) is 0 Å². The van der Waals surface area contributed by atoms with Crippen molar-refractivity contribution in [1.82, 2.24) is 15.3 Å². The highest BCUT2D eigenvalue weighted by molar-refractivity contribution is 6.39. The Bertz CT molecular complexity index is 394. The van der Waals surface area contributed by atoms with Crippen molar-refractivity contribution < 1.29 is 19.1 Å². The van der Waals surface area contributed by atoms with E-state index in [1.54, 1.807) is 6.07 Å². The van der Waals surface area contributed by atoms with Crippen LogP contribution in [0.4, 0.5) is 5.95 Å². The highest BCUT2D eigenvalue weighted by atomic mass is 16.7. The van der Waals surface area contributed by atoms with Gasteiger partial charge in [-0.25, -0.2) is 9.97 Å². The van der Waals surface area contributed by atoms with Gasteiger partial charge in [0.25, 0.3) is 0 Å². The molecule has 1 rings (SSSR count). The molecule has 0 aliphatic rings. The quantitative estimate of drug-likeness (QED) is 0.524. The number of carbonyl (C=O) groups excluding carboxylic acids is 2. The predicted octanol–water partition coefficient (Wildman–Crippen LogP) is -0.850. The van der Waals surface area contributed by atoms with E-state index in [0.717, 1.165) is 0 Å². The molecule has 0 aliphatic heterocycles. The van der Waals surface area contributed by atoms with Crippen LogP contribution in [0.25, 0.3) is 0 Å². The van der Waals surface area contributed by atoms with Gasteiger partial charge in [-0.05, 0) is 6.07 Å². The molecule has 0 aromatic carbocycles. The highest BCUT2D eigenvalue weighted by Gasteiger charge is 2.16. The second-order valence-corrected chi connectivity index (χ2v) is 3.14. The third-order valence-corrected chi connectivity index (χ3v) is 1.95. The first-order valence-electron chi connectivity index (χ1n) is 5.09. The second-order valence-electron chi connectivity index (χ2n) is 3.14. The second kappa shape index (κ2) is 7.30. The van der Waals surface area contributed by atoms with Crippen molar-refractivity contribution in [1.29, 1.82) is 0 Å². The molecule has 0 radical (unpaired) electrons. The van der Waals surface area contributed by atoms with Gasteiger partial charge in [-0.2, -0.15) is 0 Å². The Morgan fingerprint density at radius 3 is 2.39 bits per heavy atom. The fourth-order valence-electron chi connectivity index (χ4n) is 1.04. The summed E-state index contributed by atoms with van der Waals surface area (Å²) in [7, 11) is 2.86. The van der Waals surface area contributed by atoms with Gasteiger partial charge in [-0.1, -0.05) is 0 Å². The van der Waals surface area contributed by atoms with Crippen molar-refractivity contribution in [3.63, 3.8) is 0 Å². The molecule has 0 saturated carbocycles. The summed E-state index contributed by atoms with van der Waals surface area (Å²) in [5.74, 6) is -1.61. The Balaban J connectivity index is 2.40. The molecular formula is C10H14N4O4. The van der Waals surface area contributed by atoms with Crippen molar-refractivity contribution in [2.75, 3.05) is 26.1 Å². The molecule has 0 bridgehead atoms. The zero-order chi connectivity index (χ0) is 13.4. The Kier molecular flexibility index (Phi) is 5.68. The lowest BCUT2D eigenvalue weighted by Gasteiger charge is -2.13. The van der Waals surface area contributed by atoms with Gasteiger partial charge >= 0.3 is 11.8 Å². The van der Waals surface area contributed by atoms with E-state index in [1.165, 1.54) is 26.6 Å². The fourth-order valence-corrected chi connectivity index (χ4v) is 1.04. The van der Waals surface area contributed by atoms with E-state index in [-0.39, 0.29) is 12.5 Å². The maximum atomic E-state index is 11.4. The van der Waals surface area contributed by atoms with Crippen LogP contribution in [0.3, 0.4) is 0 Å². The molecule has 0 atom stereocenters. The number of nitrogens with zero attached hydrogens (tertiary/aromatic N) is 2. The molecule has 18 heavy (non-hydrogen) atoms. The average molecular weight is 254 g/mol. The number of rotatable bonds is 5. The summed E-state index contributed by atoms with van der Waals surface area (Å²) < 4.78 is 9.71. The number of amides is 2. The third-order valence-electron chi connectivity index (χ3n) is 1.95. The van der Waals surface area contributed by atoms with Crippen molar-refractivity contribution >= 4 is 17.8 Å². The summed E-state index contributed by atoms with van der Waals surface area (Å²) in [5.41, 5.74) is 0. The molecule has 0 fully saturated rings. The minimum Gasteiger partial charge on any atom is -0.354 e. The topological polar surface area (TPSA) is 102 Å². The van der Waals surface area contributed by atoms with Gasteiger partial charge in [0.05, 0.1) is 6.54 Å². The maximum absolute atomic E-state index is 11.4. The van der Waals surface area contributed by atoms with E-state index in [0.29, 0.717) is 0 Å². The minimum absolute atomic E-state index is 0.0627. The van der Waals surface area contributed by atoms with Gasteiger partial charge in [-0.3, -0.25) is 14.9 Å². The molecule has 1 heterocycles. The lowest BCUT2D eigenvalue weighted by atomic mass is 10.5. The number of nitrogens with one attached hydrogen (secondary N) is 2. The number of aromatic nitrogens is 2. The van der Waals surface area contributed by atoms with Gasteiger partial charge < -0.3 is 14.8 Å². The molecule has 0 spiro atoms. The van der Waals surface area contributed by atoms with Crippen LogP contribution < -0.4 is 10.6 Å². The summed E-state index contributed by atoms with van der Waals surface area (Å²) in [4.78, 5) is 30.3. The number of ether oxygens (including phenoxy) is 2. The summed E-state index contributed by atoms with van der Waals surface area (Å²) in [6.07, 6.45) is 2.30. The van der Waals surface area contributed by atoms with Gasteiger partial charge in [0, 0.05) is 26.6 Å². The zero-order valence-corrected chi connectivity index (χ0v) is 10.0. The van der Waals surface area contributed by atoms with Crippen molar-refractivity contribution in [2.24, 2.45) is 0 Å². The number of anilines is 1. The normalized spacial score (nSPS) is 10.2. The first-order chi connectivity index (χ1) is 8.67. The molecule has 0 saturated heterocycles. The van der Waals surface area contributed by atoms with Crippen molar-refractivity contribution in [2.45, 2.75) is 6.29 Å². The monoisotopic (exact) mass is 254 g/mol. The van der Waals surface area contributed by atoms with E-state index in [9.17, 15) is 9.59 Å². The summed E-state index contributed by atoms with van der Waals surface area (Å²) in [6.45, 7) is 0.0644. The Morgan fingerprint density at radius 1 is 1.22 bits per heavy atom. The minimum atomic E-state index is -0.854. The first-order valence-corrected chi connectivity index (χ1v) is 5.09. The van der Waals surface area contributed by atoms with Crippen molar-refractivity contribution in [3.05, 3.63) is 18.5 Å². The Morgan fingerprint density at radius 2 is 1.83 bits per heavy atom. The summed E-state index contributed by atoms with van der Waals surface area (Å²) in [5, 5.41) is 4.59. The van der Waals surface area contributed by atoms with Crippen LogP contribution in [-0.2, 0) is 19.1 Å².